The lowest BCUT2D eigenvalue weighted by molar-refractivity contribution is -0.141. The highest BCUT2D eigenvalue weighted by Gasteiger charge is 2.35. The van der Waals surface area contributed by atoms with Gasteiger partial charge in [-0.2, -0.15) is 13.2 Å². The second-order valence-corrected chi connectivity index (χ2v) is 11.0. The van der Waals surface area contributed by atoms with Crippen LogP contribution in [0.1, 0.15) is 43.5 Å². The van der Waals surface area contributed by atoms with Crippen molar-refractivity contribution >= 4 is 23.2 Å². The first-order valence-electron chi connectivity index (χ1n) is 13.8. The van der Waals surface area contributed by atoms with Gasteiger partial charge in [-0.05, 0) is 54.3 Å². The predicted octanol–water partition coefficient (Wildman–Crippen LogP) is 6.57. The molecule has 4 heterocycles. The van der Waals surface area contributed by atoms with Crippen LogP contribution >= 0.6 is 11.6 Å². The second kappa shape index (κ2) is 11.7. The van der Waals surface area contributed by atoms with Gasteiger partial charge in [-0.15, -0.1) is 5.10 Å². The molecule has 0 saturated carbocycles. The third-order valence-electron chi connectivity index (χ3n) is 7.66. The van der Waals surface area contributed by atoms with Crippen molar-refractivity contribution in [2.24, 2.45) is 5.92 Å². The number of anilines is 1. The number of carbonyl (C=O) groups is 1. The highest BCUT2D eigenvalue weighted by molar-refractivity contribution is 6.31. The van der Waals surface area contributed by atoms with Crippen molar-refractivity contribution in [2.45, 2.75) is 38.4 Å². The fourth-order valence-corrected chi connectivity index (χ4v) is 5.52. The van der Waals surface area contributed by atoms with Gasteiger partial charge in [0.1, 0.15) is 0 Å². The van der Waals surface area contributed by atoms with E-state index in [9.17, 15) is 22.8 Å². The number of carbonyl (C=O) groups excluding carboxylic acids is 1. The lowest BCUT2D eigenvalue weighted by Gasteiger charge is -2.23. The summed E-state index contributed by atoms with van der Waals surface area (Å²) >= 11 is 6.24. The molecule has 1 aliphatic rings. The van der Waals surface area contributed by atoms with Crippen molar-refractivity contribution < 1.29 is 18.0 Å². The monoisotopic (exact) mass is 619 g/mol. The lowest BCUT2D eigenvalue weighted by atomic mass is 9.93. The van der Waals surface area contributed by atoms with Gasteiger partial charge in [-0.1, -0.05) is 48.4 Å². The van der Waals surface area contributed by atoms with Crippen molar-refractivity contribution in [1.29, 1.82) is 0 Å². The number of nitrogens with zero attached hydrogens (tertiary/aromatic N) is 6. The highest BCUT2D eigenvalue weighted by Crippen LogP contribution is 2.34. The first-order valence-corrected chi connectivity index (χ1v) is 14.2. The van der Waals surface area contributed by atoms with Crippen LogP contribution in [-0.2, 0) is 11.0 Å². The van der Waals surface area contributed by atoms with Gasteiger partial charge < -0.3 is 5.32 Å². The van der Waals surface area contributed by atoms with Gasteiger partial charge in [0.2, 0.25) is 5.91 Å². The van der Waals surface area contributed by atoms with Crippen LogP contribution in [-0.4, -0.2) is 35.4 Å². The van der Waals surface area contributed by atoms with Gasteiger partial charge in [0.05, 0.1) is 41.8 Å². The van der Waals surface area contributed by atoms with Crippen molar-refractivity contribution in [3.8, 4) is 28.1 Å². The largest absolute Gasteiger partial charge is 0.436 e. The summed E-state index contributed by atoms with van der Waals surface area (Å²) in [5.74, 6) is -0.377. The van der Waals surface area contributed by atoms with E-state index in [0.29, 0.717) is 35.5 Å². The molecule has 2 atom stereocenters. The van der Waals surface area contributed by atoms with E-state index in [-0.39, 0.29) is 28.8 Å². The lowest BCUT2D eigenvalue weighted by Crippen LogP contribution is -2.26. The van der Waals surface area contributed by atoms with Crippen LogP contribution < -0.4 is 10.9 Å². The Morgan fingerprint density at radius 2 is 1.86 bits per heavy atom. The summed E-state index contributed by atoms with van der Waals surface area (Å²) < 4.78 is 42.1. The quantitative estimate of drug-likeness (QED) is 0.245. The molecule has 13 heteroatoms. The Labute approximate surface area is 254 Å². The number of fused-ring (bicyclic) bond motifs is 4. The highest BCUT2D eigenvalue weighted by atomic mass is 35.5. The van der Waals surface area contributed by atoms with E-state index in [1.165, 1.54) is 35.2 Å². The molecule has 2 bridgehead atoms. The maximum absolute atomic E-state index is 13.7. The maximum atomic E-state index is 13.7. The van der Waals surface area contributed by atoms with Crippen molar-refractivity contribution in [1.82, 2.24) is 29.5 Å². The molecular weight excluding hydrogens is 595 g/mol. The zero-order chi connectivity index (χ0) is 31.0. The zero-order valence-corrected chi connectivity index (χ0v) is 24.0. The molecule has 0 aliphatic carbocycles. The Morgan fingerprint density at radius 3 is 2.64 bits per heavy atom. The summed E-state index contributed by atoms with van der Waals surface area (Å²) in [5, 5.41) is 10.2. The summed E-state index contributed by atoms with van der Waals surface area (Å²) in [4.78, 5) is 35.3. The third kappa shape index (κ3) is 5.85. The van der Waals surface area contributed by atoms with Crippen LogP contribution in [0.5, 0.6) is 0 Å². The smallest absolute Gasteiger partial charge is 0.324 e. The molecule has 1 N–H and O–H groups in total. The number of rotatable bonds is 3. The van der Waals surface area contributed by atoms with Gasteiger partial charge in [0.15, 0.2) is 5.69 Å². The van der Waals surface area contributed by atoms with Crippen molar-refractivity contribution in [3.05, 3.63) is 106 Å². The van der Waals surface area contributed by atoms with Gasteiger partial charge in [0, 0.05) is 34.3 Å². The van der Waals surface area contributed by atoms with E-state index in [4.69, 9.17) is 11.6 Å². The van der Waals surface area contributed by atoms with Gasteiger partial charge in [-0.25, -0.2) is 9.67 Å². The summed E-state index contributed by atoms with van der Waals surface area (Å²) in [7, 11) is 0. The summed E-state index contributed by atoms with van der Waals surface area (Å²) in [6, 6.07) is 15.0. The molecule has 5 aromatic rings. The van der Waals surface area contributed by atoms with Crippen LogP contribution in [0.3, 0.4) is 0 Å². The fraction of sp³-hybridized carbons (Fsp3) is 0.226. The molecule has 1 aliphatic heterocycles. The number of amides is 1. The van der Waals surface area contributed by atoms with Crippen LogP contribution in [0.2, 0.25) is 5.02 Å². The Morgan fingerprint density at radius 1 is 1.02 bits per heavy atom. The summed E-state index contributed by atoms with van der Waals surface area (Å²) in [6.45, 7) is 1.86. The van der Waals surface area contributed by atoms with Crippen molar-refractivity contribution in [3.63, 3.8) is 0 Å². The van der Waals surface area contributed by atoms with Crippen LogP contribution in [0.4, 0.5) is 18.9 Å². The normalized spacial score (nSPS) is 17.2. The Bertz CT molecular complexity index is 1920. The molecule has 0 fully saturated rings. The summed E-state index contributed by atoms with van der Waals surface area (Å²) in [6.07, 6.45) is 2.62. The maximum Gasteiger partial charge on any atom is 0.436 e. The van der Waals surface area contributed by atoms with Crippen LogP contribution in [0.25, 0.3) is 28.1 Å². The number of aromatic nitrogens is 6. The summed E-state index contributed by atoms with van der Waals surface area (Å²) in [5.41, 5.74) is 2.36. The van der Waals surface area contributed by atoms with E-state index in [0.717, 1.165) is 27.6 Å². The molecule has 0 saturated heterocycles. The second-order valence-electron chi connectivity index (χ2n) is 10.6. The molecule has 0 spiro atoms. The van der Waals surface area contributed by atoms with Gasteiger partial charge >= 0.3 is 6.18 Å². The molecular formula is C31H25ClF3N7O2. The fourth-order valence-electron chi connectivity index (χ4n) is 5.35. The van der Waals surface area contributed by atoms with Gasteiger partial charge in [-0.3, -0.25) is 19.1 Å². The van der Waals surface area contributed by atoms with E-state index in [2.05, 4.69) is 25.6 Å². The molecule has 9 nitrogen and oxygen atoms in total. The van der Waals surface area contributed by atoms with E-state index < -0.39 is 17.9 Å². The molecule has 0 unspecified atom stereocenters. The van der Waals surface area contributed by atoms with Crippen molar-refractivity contribution in [2.75, 3.05) is 5.32 Å². The van der Waals surface area contributed by atoms with Gasteiger partial charge in [0.25, 0.3) is 5.56 Å². The molecule has 44 heavy (non-hydrogen) atoms. The SMILES string of the molecule is C[C@@H]1CCC[C@H](n2cnc(-c3cc(Cl)ccc3-n3cc(C(F)(F)F)nn3)cc2=O)c2cccc(c2)-c2ccncc2NC1=O. The number of hydrogen-bond acceptors (Lipinski definition) is 6. The minimum atomic E-state index is -4.67. The minimum absolute atomic E-state index is 0.109. The first kappa shape index (κ1) is 29.2. The van der Waals surface area contributed by atoms with Crippen LogP contribution in [0, 0.1) is 5.92 Å². The average Bonchev–Trinajstić information content (AvgIpc) is 3.51. The number of nitrogens with one attached hydrogen (secondary N) is 1. The molecule has 0 radical (unpaired) electrons. The third-order valence-corrected chi connectivity index (χ3v) is 7.90. The molecule has 1 amide bonds. The Hall–Kier alpha value is -4.84. The number of alkyl halides is 3. The van der Waals surface area contributed by atoms with E-state index in [1.54, 1.807) is 12.4 Å². The molecule has 6 rings (SSSR count). The Kier molecular flexibility index (Phi) is 7.76. The van der Waals surface area contributed by atoms with Crippen LogP contribution in [0.15, 0.2) is 84.3 Å². The number of halogens is 4. The van der Waals surface area contributed by atoms with E-state index >= 15 is 0 Å². The Balaban J connectivity index is 1.42. The first-order chi connectivity index (χ1) is 21.1. The zero-order valence-electron chi connectivity index (χ0n) is 23.3. The van der Waals surface area contributed by atoms with E-state index in [1.807, 2.05) is 37.3 Å². The minimum Gasteiger partial charge on any atom is -0.324 e. The molecule has 3 aromatic heterocycles. The number of pyridine rings is 1. The average molecular weight is 620 g/mol. The number of benzene rings is 2. The topological polar surface area (TPSA) is 108 Å². The standard InChI is InChI=1S/C31H25ClF3N7O2/c1-18-4-2-7-26(20-6-3-5-19(12-20)22-10-11-36-15-25(22)38-30(18)44)41-17-37-24(14-29(41)43)23-13-21(32)8-9-27(23)42-16-28(39-40-42)31(33,34)35/h3,5-6,8-18,26H,2,4,7H2,1H3,(H,38,44)/t18-,26+/m1/s1. The number of hydrogen-bond donors (Lipinski definition) is 1. The molecule has 2 aromatic carbocycles. The predicted molar refractivity (Wildman–Crippen MR) is 158 cm³/mol. The molecule has 224 valence electrons.